The van der Waals surface area contributed by atoms with E-state index in [1.165, 1.54) is 122 Å². The van der Waals surface area contributed by atoms with E-state index in [0.717, 1.165) is 64.6 Å². The first-order valence-electron chi connectivity index (χ1n) is 24.4. The number of rotatable bonds is 43. The molecule has 0 bridgehead atoms. The molecule has 0 fully saturated rings. The molecule has 0 aromatic heterocycles. The molecule has 0 amide bonds. The quantitative estimate of drug-likeness (QED) is 0.0538. The maximum atomic E-state index is 12.3. The maximum Gasteiger partial charge on any atom is 0.305 e. The molecule has 2 N–H and O–H groups in total. The highest BCUT2D eigenvalue weighted by molar-refractivity contribution is 5.69. The molecule has 0 aromatic rings. The number of nitrogens with zero attached hydrogens (tertiary/aromatic N) is 3. The normalized spacial score (nSPS) is 12.8. The van der Waals surface area contributed by atoms with Crippen LogP contribution in [-0.2, 0) is 19.1 Å². The molecule has 0 aliphatic carbocycles. The van der Waals surface area contributed by atoms with E-state index in [-0.39, 0.29) is 36.8 Å². The molecule has 2 atom stereocenters. The number of halogens is 2. The average molecular weight is 885 g/mol. The maximum absolute atomic E-state index is 12.3. The molecule has 0 radical (unpaired) electrons. The third kappa shape index (κ3) is 43.8. The third-order valence-corrected chi connectivity index (χ3v) is 11.5. The van der Waals surface area contributed by atoms with E-state index in [4.69, 9.17) is 9.47 Å². The molecular formula is C48H99Cl2N3O6. The molecule has 0 saturated heterocycles. The number of carbonyl (C=O) groups is 2. The fraction of sp³-hybridized carbons (Fsp3) is 0.958. The number of hydrogen-bond acceptors (Lipinski definition) is 7. The lowest BCUT2D eigenvalue weighted by Crippen LogP contribution is -3.00. The van der Waals surface area contributed by atoms with Gasteiger partial charge in [0.25, 0.3) is 0 Å². The van der Waals surface area contributed by atoms with Crippen molar-refractivity contribution in [2.45, 2.75) is 213 Å². The minimum absolute atomic E-state index is 0. The second-order valence-corrected chi connectivity index (χ2v) is 18.8. The van der Waals surface area contributed by atoms with Gasteiger partial charge >= 0.3 is 11.9 Å². The molecular weight excluding hydrogens is 785 g/mol. The van der Waals surface area contributed by atoms with E-state index in [1.807, 2.05) is 0 Å². The van der Waals surface area contributed by atoms with Crippen molar-refractivity contribution in [2.75, 3.05) is 87.2 Å². The predicted octanol–water partition coefficient (Wildman–Crippen LogP) is 4.24. The van der Waals surface area contributed by atoms with Gasteiger partial charge in [-0.05, 0) is 25.8 Å². The number of hydrogen-bond donors (Lipinski definition) is 2. The summed E-state index contributed by atoms with van der Waals surface area (Å²) in [5.74, 6) is -0.172. The summed E-state index contributed by atoms with van der Waals surface area (Å²) in [6, 6.07) is 0. The first-order chi connectivity index (χ1) is 27.3. The summed E-state index contributed by atoms with van der Waals surface area (Å²) >= 11 is 0. The zero-order chi connectivity index (χ0) is 42.5. The average Bonchev–Trinajstić information content (AvgIpc) is 3.14. The molecule has 0 spiro atoms. The third-order valence-electron chi connectivity index (χ3n) is 11.5. The van der Waals surface area contributed by atoms with Gasteiger partial charge in [0, 0.05) is 38.8 Å². The summed E-state index contributed by atoms with van der Waals surface area (Å²) in [6.07, 6.45) is 31.0. The van der Waals surface area contributed by atoms with E-state index in [0.29, 0.717) is 61.2 Å². The second kappa shape index (κ2) is 42.6. The number of ether oxygens (including phenoxy) is 2. The van der Waals surface area contributed by atoms with E-state index in [2.05, 4.69) is 53.9 Å². The van der Waals surface area contributed by atoms with E-state index < -0.39 is 12.2 Å². The molecule has 0 saturated carbocycles. The standard InChI is InChI=1S/C48H99N3O6.2ClH/c1-8-11-14-17-20-22-24-26-29-34-47(54)56-39-32-37-50(4,5)43-45(52)41-49(36-31-28-19-16-13-10-3)42-46(53)44-51(6,7)38-33-40-57-48(55)35-30-27-25-23-21-18-15-12-9-2;;/h45-46,52-53H,8-44H2,1-7H3;2*1H/q+2;;/p-2. The van der Waals surface area contributed by atoms with Gasteiger partial charge in [0.15, 0.2) is 0 Å². The highest BCUT2D eigenvalue weighted by Crippen LogP contribution is 2.14. The van der Waals surface area contributed by atoms with Gasteiger partial charge in [-0.15, -0.1) is 0 Å². The van der Waals surface area contributed by atoms with Crippen molar-refractivity contribution in [3.8, 4) is 0 Å². The van der Waals surface area contributed by atoms with Gasteiger partial charge in [-0.3, -0.25) is 14.5 Å². The van der Waals surface area contributed by atoms with E-state index in [9.17, 15) is 19.8 Å². The van der Waals surface area contributed by atoms with Gasteiger partial charge in [-0.25, -0.2) is 0 Å². The summed E-state index contributed by atoms with van der Waals surface area (Å²) in [6.45, 7) is 12.4. The monoisotopic (exact) mass is 884 g/mol. The number of esters is 2. The lowest BCUT2D eigenvalue weighted by molar-refractivity contribution is -0.893. The van der Waals surface area contributed by atoms with Crippen LogP contribution >= 0.6 is 0 Å². The summed E-state index contributed by atoms with van der Waals surface area (Å²) in [5.41, 5.74) is 0. The summed E-state index contributed by atoms with van der Waals surface area (Å²) in [4.78, 5) is 26.8. The fourth-order valence-electron chi connectivity index (χ4n) is 8.07. The Labute approximate surface area is 378 Å². The highest BCUT2D eigenvalue weighted by Gasteiger charge is 2.26. The molecule has 0 aliphatic rings. The van der Waals surface area contributed by atoms with Crippen molar-refractivity contribution in [1.82, 2.24) is 4.90 Å². The van der Waals surface area contributed by atoms with Crippen LogP contribution in [0.5, 0.6) is 0 Å². The Hall–Kier alpha value is -0.680. The minimum atomic E-state index is -0.519. The smallest absolute Gasteiger partial charge is 0.305 e. The van der Waals surface area contributed by atoms with E-state index in [1.54, 1.807) is 0 Å². The first kappa shape index (κ1) is 62.6. The second-order valence-electron chi connectivity index (χ2n) is 18.8. The molecule has 11 heteroatoms. The Morgan fingerprint density at radius 3 is 1.07 bits per heavy atom. The van der Waals surface area contributed by atoms with Gasteiger partial charge in [-0.1, -0.05) is 156 Å². The Kier molecular flexibility index (Phi) is 45.2. The Morgan fingerprint density at radius 2 is 0.746 bits per heavy atom. The van der Waals surface area contributed by atoms with Gasteiger partial charge in [0.05, 0.1) is 54.5 Å². The van der Waals surface area contributed by atoms with Crippen molar-refractivity contribution in [1.29, 1.82) is 0 Å². The largest absolute Gasteiger partial charge is 1.00 e. The lowest BCUT2D eigenvalue weighted by atomic mass is 10.1. The SMILES string of the molecule is CCCCCCCCCCCC(=O)OCCC[N+](C)(C)CC(O)CN(CCCCCCCC)CC(O)C[N+](C)(C)CCCOC(=O)CCCCCCCCCCC.[Cl-].[Cl-]. The topological polar surface area (TPSA) is 96.3 Å². The van der Waals surface area contributed by atoms with Crippen molar-refractivity contribution < 1.29 is 63.1 Å². The van der Waals surface area contributed by atoms with Gasteiger partial charge < -0.3 is 53.5 Å². The number of unbranched alkanes of at least 4 members (excludes halogenated alkanes) is 21. The summed E-state index contributed by atoms with van der Waals surface area (Å²) < 4.78 is 12.4. The van der Waals surface area contributed by atoms with Gasteiger partial charge in [0.1, 0.15) is 25.3 Å². The van der Waals surface area contributed by atoms with Crippen LogP contribution in [0, 0.1) is 0 Å². The highest BCUT2D eigenvalue weighted by atomic mass is 35.5. The van der Waals surface area contributed by atoms with Crippen LogP contribution < -0.4 is 24.8 Å². The molecule has 0 heterocycles. The van der Waals surface area contributed by atoms with Gasteiger partial charge in [0.2, 0.25) is 0 Å². The number of likely N-dealkylation sites (N-methyl/N-ethyl adjacent to an activating group) is 2. The van der Waals surface area contributed by atoms with E-state index >= 15 is 0 Å². The molecule has 9 nitrogen and oxygen atoms in total. The molecule has 0 rings (SSSR count). The molecule has 0 aliphatic heterocycles. The van der Waals surface area contributed by atoms with Crippen molar-refractivity contribution in [3.05, 3.63) is 0 Å². The Morgan fingerprint density at radius 1 is 0.458 bits per heavy atom. The number of aliphatic hydroxyl groups excluding tert-OH is 2. The van der Waals surface area contributed by atoms with Crippen LogP contribution in [0.15, 0.2) is 0 Å². The Balaban J connectivity index is -0.0000157. The van der Waals surface area contributed by atoms with Crippen molar-refractivity contribution >= 4 is 11.9 Å². The van der Waals surface area contributed by atoms with Crippen LogP contribution in [0.3, 0.4) is 0 Å². The van der Waals surface area contributed by atoms with Crippen molar-refractivity contribution in [3.63, 3.8) is 0 Å². The number of carbonyl (C=O) groups excluding carboxylic acids is 2. The zero-order valence-corrected chi connectivity index (χ0v) is 41.5. The molecule has 356 valence electrons. The molecule has 0 aromatic carbocycles. The van der Waals surface area contributed by atoms with Crippen LogP contribution in [0.25, 0.3) is 0 Å². The summed E-state index contributed by atoms with van der Waals surface area (Å²) in [7, 11) is 8.53. The van der Waals surface area contributed by atoms with Gasteiger partial charge in [-0.2, -0.15) is 0 Å². The van der Waals surface area contributed by atoms with Crippen LogP contribution in [0.4, 0.5) is 0 Å². The summed E-state index contributed by atoms with van der Waals surface area (Å²) in [5, 5.41) is 22.6. The minimum Gasteiger partial charge on any atom is -1.00 e. The predicted molar refractivity (Wildman–Crippen MR) is 240 cm³/mol. The van der Waals surface area contributed by atoms with Crippen LogP contribution in [0.2, 0.25) is 0 Å². The first-order valence-corrected chi connectivity index (χ1v) is 24.4. The van der Waals surface area contributed by atoms with Crippen LogP contribution in [-0.4, -0.2) is 135 Å². The zero-order valence-electron chi connectivity index (χ0n) is 39.9. The number of aliphatic hydroxyl groups is 2. The van der Waals surface area contributed by atoms with Crippen LogP contribution in [0.1, 0.15) is 201 Å². The van der Waals surface area contributed by atoms with Crippen molar-refractivity contribution in [2.24, 2.45) is 0 Å². The fourth-order valence-corrected chi connectivity index (χ4v) is 8.07. The number of quaternary nitrogens is 2. The Bertz CT molecular complexity index is 865. The molecule has 2 unspecified atom stereocenters. The lowest BCUT2D eigenvalue weighted by Gasteiger charge is -2.36. The molecule has 59 heavy (non-hydrogen) atoms.